The zero-order valence-electron chi connectivity index (χ0n) is 18.8. The number of hydrogen-bond acceptors (Lipinski definition) is 3. The predicted molar refractivity (Wildman–Crippen MR) is 129 cm³/mol. The second kappa shape index (κ2) is 9.14. The summed E-state index contributed by atoms with van der Waals surface area (Å²) in [5, 5.41) is 4.77. The van der Waals surface area contributed by atoms with Crippen LogP contribution in [0.1, 0.15) is 24.8 Å². The van der Waals surface area contributed by atoms with Gasteiger partial charge in [0.25, 0.3) is 0 Å². The third kappa shape index (κ3) is 4.51. The number of amides is 1. The van der Waals surface area contributed by atoms with Crippen LogP contribution in [0.2, 0.25) is 0 Å². The van der Waals surface area contributed by atoms with Crippen LogP contribution in [0.15, 0.2) is 70.7 Å². The summed E-state index contributed by atoms with van der Waals surface area (Å²) in [6.07, 6.45) is 4.77. The molecule has 0 saturated heterocycles. The van der Waals surface area contributed by atoms with Gasteiger partial charge in [0.05, 0.1) is 11.4 Å². The second-order valence-electron chi connectivity index (χ2n) is 8.70. The fourth-order valence-electron chi connectivity index (χ4n) is 4.59. The summed E-state index contributed by atoms with van der Waals surface area (Å²) in [5.74, 6) is -0.173. The summed E-state index contributed by atoms with van der Waals surface area (Å²) in [7, 11) is 0. The van der Waals surface area contributed by atoms with E-state index in [9.17, 15) is 9.18 Å². The summed E-state index contributed by atoms with van der Waals surface area (Å²) in [5.41, 5.74) is 6.75. The minimum absolute atomic E-state index is 0.0638. The molecule has 5 nitrogen and oxygen atoms in total. The van der Waals surface area contributed by atoms with E-state index >= 15 is 0 Å². The normalized spacial score (nSPS) is 16.0. The van der Waals surface area contributed by atoms with Crippen LogP contribution >= 0.6 is 0 Å². The number of hydrogen-bond donors (Lipinski definition) is 0. The quantitative estimate of drug-likeness (QED) is 0.567. The molecule has 168 valence electrons. The maximum atomic E-state index is 13.8. The molecule has 3 aromatic rings. The fraction of sp³-hybridized carbons (Fsp3) is 0.296. The molecule has 1 amide bonds. The van der Waals surface area contributed by atoms with Crippen molar-refractivity contribution in [1.29, 1.82) is 0 Å². The van der Waals surface area contributed by atoms with Crippen LogP contribution in [0.4, 0.5) is 4.39 Å². The maximum Gasteiger partial charge on any atom is 0.244 e. The number of aromatic nitrogens is 2. The standard InChI is InChI=1S/C27H27FN4O/c1-19-15-22(7-8-24(19)28)25-16-26(21-5-3-2-4-6-21)32(30-25)18-27(33)31-13-10-20-9-12-29-17-23(20)11-14-31/h2-8,15-17H,9-14,18H2,1H3. The number of carbonyl (C=O) groups excluding carboxylic acids is 1. The molecule has 2 aromatic carbocycles. The van der Waals surface area contributed by atoms with Crippen molar-refractivity contribution in [3.63, 3.8) is 0 Å². The average Bonchev–Trinajstić information content (AvgIpc) is 3.12. The number of carbonyl (C=O) groups is 1. The molecule has 6 heteroatoms. The van der Waals surface area contributed by atoms with Crippen LogP contribution in [-0.4, -0.2) is 46.4 Å². The Morgan fingerprint density at radius 3 is 2.64 bits per heavy atom. The average molecular weight is 443 g/mol. The Morgan fingerprint density at radius 2 is 1.82 bits per heavy atom. The topological polar surface area (TPSA) is 50.5 Å². The van der Waals surface area contributed by atoms with Gasteiger partial charge in [-0.3, -0.25) is 14.5 Å². The summed E-state index contributed by atoms with van der Waals surface area (Å²) < 4.78 is 15.6. The molecule has 1 aromatic heterocycles. The second-order valence-corrected chi connectivity index (χ2v) is 8.70. The molecule has 0 aliphatic carbocycles. The van der Waals surface area contributed by atoms with Gasteiger partial charge in [0.15, 0.2) is 0 Å². The zero-order chi connectivity index (χ0) is 22.8. The first-order valence-electron chi connectivity index (χ1n) is 11.5. The molecular formula is C27H27FN4O. The van der Waals surface area contributed by atoms with Gasteiger partial charge in [-0.15, -0.1) is 0 Å². The molecule has 0 radical (unpaired) electrons. The molecule has 2 aliphatic rings. The third-order valence-corrected chi connectivity index (χ3v) is 6.52. The Balaban J connectivity index is 1.42. The third-order valence-electron chi connectivity index (χ3n) is 6.52. The number of aryl methyl sites for hydroxylation is 1. The molecule has 3 heterocycles. The number of nitrogens with zero attached hydrogens (tertiary/aromatic N) is 4. The predicted octanol–water partition coefficient (Wildman–Crippen LogP) is 5.06. The van der Waals surface area contributed by atoms with E-state index in [2.05, 4.69) is 4.99 Å². The van der Waals surface area contributed by atoms with E-state index in [4.69, 9.17) is 5.10 Å². The summed E-state index contributed by atoms with van der Waals surface area (Å²) in [6.45, 7) is 4.21. The van der Waals surface area contributed by atoms with Crippen molar-refractivity contribution in [2.75, 3.05) is 19.6 Å². The Bertz CT molecular complexity index is 1240. The highest BCUT2D eigenvalue weighted by Gasteiger charge is 2.22. The van der Waals surface area contributed by atoms with Crippen LogP contribution in [0, 0.1) is 12.7 Å². The highest BCUT2D eigenvalue weighted by Crippen LogP contribution is 2.28. The van der Waals surface area contributed by atoms with Crippen molar-refractivity contribution in [1.82, 2.24) is 14.7 Å². The van der Waals surface area contributed by atoms with Crippen molar-refractivity contribution in [2.45, 2.75) is 32.7 Å². The number of rotatable bonds is 4. The molecule has 0 unspecified atom stereocenters. The van der Waals surface area contributed by atoms with Gasteiger partial charge in [-0.05, 0) is 67.2 Å². The minimum atomic E-state index is -0.237. The van der Waals surface area contributed by atoms with E-state index in [1.54, 1.807) is 23.7 Å². The number of aliphatic imine (C=N–C) groups is 1. The lowest BCUT2D eigenvalue weighted by atomic mass is 9.99. The summed E-state index contributed by atoms with van der Waals surface area (Å²) >= 11 is 0. The molecule has 0 saturated carbocycles. The van der Waals surface area contributed by atoms with E-state index in [0.717, 1.165) is 54.9 Å². The fourth-order valence-corrected chi connectivity index (χ4v) is 4.59. The number of benzene rings is 2. The van der Waals surface area contributed by atoms with Crippen LogP contribution in [-0.2, 0) is 11.3 Å². The van der Waals surface area contributed by atoms with Crippen LogP contribution in [0.3, 0.4) is 0 Å². The molecule has 2 aliphatic heterocycles. The number of halogens is 1. The van der Waals surface area contributed by atoms with Crippen molar-refractivity contribution in [3.8, 4) is 22.5 Å². The first-order valence-corrected chi connectivity index (χ1v) is 11.5. The SMILES string of the molecule is Cc1cc(-c2cc(-c3ccccc3)n(CC(=O)N3CCC4=C(CCN=C4)CC3)n2)ccc1F. The van der Waals surface area contributed by atoms with Crippen molar-refractivity contribution in [3.05, 3.63) is 77.1 Å². The van der Waals surface area contributed by atoms with Gasteiger partial charge in [-0.1, -0.05) is 35.9 Å². The molecule has 0 spiro atoms. The zero-order valence-corrected chi connectivity index (χ0v) is 18.8. The maximum absolute atomic E-state index is 13.8. The van der Waals surface area contributed by atoms with Crippen LogP contribution < -0.4 is 0 Å². The molecule has 5 rings (SSSR count). The summed E-state index contributed by atoms with van der Waals surface area (Å²) in [6, 6.07) is 16.9. The lowest BCUT2D eigenvalue weighted by Crippen LogP contribution is -2.35. The molecule has 0 fully saturated rings. The van der Waals surface area contributed by atoms with E-state index < -0.39 is 0 Å². The summed E-state index contributed by atoms with van der Waals surface area (Å²) in [4.78, 5) is 19.7. The monoisotopic (exact) mass is 442 g/mol. The molecular weight excluding hydrogens is 415 g/mol. The van der Waals surface area contributed by atoms with Crippen molar-refractivity contribution in [2.24, 2.45) is 4.99 Å². The minimum Gasteiger partial charge on any atom is -0.340 e. The largest absolute Gasteiger partial charge is 0.340 e. The molecule has 33 heavy (non-hydrogen) atoms. The van der Waals surface area contributed by atoms with E-state index in [1.807, 2.05) is 47.5 Å². The lowest BCUT2D eigenvalue weighted by molar-refractivity contribution is -0.131. The van der Waals surface area contributed by atoms with Crippen molar-refractivity contribution >= 4 is 12.1 Å². The molecule has 0 atom stereocenters. The molecule has 0 bridgehead atoms. The van der Waals surface area contributed by atoms with E-state index in [1.165, 1.54) is 17.2 Å². The van der Waals surface area contributed by atoms with Gasteiger partial charge in [0.1, 0.15) is 12.4 Å². The van der Waals surface area contributed by atoms with Crippen molar-refractivity contribution < 1.29 is 9.18 Å². The Morgan fingerprint density at radius 1 is 1.00 bits per heavy atom. The van der Waals surface area contributed by atoms with Gasteiger partial charge in [0.2, 0.25) is 5.91 Å². The Hall–Kier alpha value is -3.54. The van der Waals surface area contributed by atoms with Crippen LogP contribution in [0.25, 0.3) is 22.5 Å². The van der Waals surface area contributed by atoms with Crippen LogP contribution in [0.5, 0.6) is 0 Å². The van der Waals surface area contributed by atoms with Gasteiger partial charge >= 0.3 is 0 Å². The van der Waals surface area contributed by atoms with E-state index in [-0.39, 0.29) is 18.3 Å². The highest BCUT2D eigenvalue weighted by molar-refractivity contribution is 5.82. The van der Waals surface area contributed by atoms with Gasteiger partial charge < -0.3 is 4.90 Å². The Kier molecular flexibility index (Phi) is 5.90. The van der Waals surface area contributed by atoms with Gasteiger partial charge in [-0.2, -0.15) is 5.10 Å². The van der Waals surface area contributed by atoms with Gasteiger partial charge in [-0.25, -0.2) is 4.39 Å². The molecule has 0 N–H and O–H groups in total. The first kappa shape index (κ1) is 21.3. The Labute approximate surface area is 193 Å². The van der Waals surface area contributed by atoms with E-state index in [0.29, 0.717) is 12.1 Å². The first-order chi connectivity index (χ1) is 16.1. The number of dihydropyridines is 1. The van der Waals surface area contributed by atoms with Gasteiger partial charge in [0, 0.05) is 31.4 Å². The lowest BCUT2D eigenvalue weighted by Gasteiger charge is -2.21. The highest BCUT2D eigenvalue weighted by atomic mass is 19.1. The smallest absolute Gasteiger partial charge is 0.244 e.